The minimum atomic E-state index is -4.37. The first kappa shape index (κ1) is 21.2. The molecule has 1 aromatic carbocycles. The lowest BCUT2D eigenvalue weighted by Gasteiger charge is -2.39. The summed E-state index contributed by atoms with van der Waals surface area (Å²) in [5, 5.41) is 2.00. The maximum absolute atomic E-state index is 12.9. The summed E-state index contributed by atoms with van der Waals surface area (Å²) in [6.07, 6.45) is 4.01. The summed E-state index contributed by atoms with van der Waals surface area (Å²) in [5.74, 6) is -2.43. The number of sulfonamides is 1. The molecule has 0 spiro atoms. The maximum Gasteiger partial charge on any atom is 0.297 e. The molecule has 1 unspecified atom stereocenters. The average Bonchev–Trinajstić information content (AvgIpc) is 3.11. The minimum absolute atomic E-state index is 0.0575. The summed E-state index contributed by atoms with van der Waals surface area (Å²) < 4.78 is 55.8. The zero-order valence-electron chi connectivity index (χ0n) is 15.4. The Morgan fingerprint density at radius 2 is 1.79 bits per heavy atom. The summed E-state index contributed by atoms with van der Waals surface area (Å²) in [5.41, 5.74) is -0.0575. The van der Waals surface area contributed by atoms with Gasteiger partial charge in [-0.3, -0.25) is 13.8 Å². The van der Waals surface area contributed by atoms with Crippen molar-refractivity contribution in [2.45, 2.75) is 29.1 Å². The van der Waals surface area contributed by atoms with Crippen molar-refractivity contribution in [3.63, 3.8) is 0 Å². The van der Waals surface area contributed by atoms with Crippen LogP contribution in [0.15, 0.2) is 45.9 Å². The van der Waals surface area contributed by atoms with E-state index in [1.54, 1.807) is 11.0 Å². The molecule has 1 aromatic heterocycles. The summed E-state index contributed by atoms with van der Waals surface area (Å²) in [6, 6.07) is 6.53. The third kappa shape index (κ3) is 4.56. The Bertz CT molecular complexity index is 1060. The third-order valence-electron chi connectivity index (χ3n) is 4.85. The van der Waals surface area contributed by atoms with E-state index in [0.717, 1.165) is 49.6 Å². The highest BCUT2D eigenvalue weighted by Crippen LogP contribution is 2.36. The zero-order chi connectivity index (χ0) is 21.2. The summed E-state index contributed by atoms with van der Waals surface area (Å²) in [6.45, 7) is 0.193. The molecule has 2 aromatic rings. The highest BCUT2D eigenvalue weighted by molar-refractivity contribution is 7.90. The Hall–Kier alpha value is -2.53. The normalized spacial score (nSPS) is 16.5. The number of amides is 2. The first-order valence-corrected chi connectivity index (χ1v) is 11.7. The molecule has 1 fully saturated rings. The molecule has 1 aliphatic rings. The second-order valence-electron chi connectivity index (χ2n) is 6.73. The second-order valence-corrected chi connectivity index (χ2v) is 10.1. The van der Waals surface area contributed by atoms with E-state index in [2.05, 4.69) is 5.32 Å². The first-order chi connectivity index (χ1) is 13.6. The van der Waals surface area contributed by atoms with E-state index < -0.39 is 48.3 Å². The number of nitrogens with one attached hydrogen (secondary N) is 2. The van der Waals surface area contributed by atoms with Crippen molar-refractivity contribution in [2.24, 2.45) is 0 Å². The number of carbonyl (C=O) groups is 2. The predicted molar refractivity (Wildman–Crippen MR) is 103 cm³/mol. The molecular formula is C18H19FN2O6S2. The van der Waals surface area contributed by atoms with Crippen molar-refractivity contribution in [1.82, 2.24) is 10.0 Å². The Balaban J connectivity index is 1.66. The van der Waals surface area contributed by atoms with Crippen LogP contribution in [0, 0.1) is 5.82 Å². The number of halogens is 1. The van der Waals surface area contributed by atoms with Gasteiger partial charge in [-0.15, -0.1) is 0 Å². The second kappa shape index (κ2) is 8.07. The molecule has 0 radical (unpaired) electrons. The lowest BCUT2D eigenvalue weighted by molar-refractivity contribution is 0.0910. The average molecular weight is 442 g/mol. The molecule has 29 heavy (non-hydrogen) atoms. The van der Waals surface area contributed by atoms with Crippen LogP contribution in [0.4, 0.5) is 4.39 Å². The topological polar surface area (TPSA) is 123 Å². The Morgan fingerprint density at radius 3 is 2.34 bits per heavy atom. The quantitative estimate of drug-likeness (QED) is 0.671. The lowest BCUT2D eigenvalue weighted by Crippen LogP contribution is -2.50. The van der Waals surface area contributed by atoms with Crippen LogP contribution < -0.4 is 10.0 Å². The van der Waals surface area contributed by atoms with Crippen molar-refractivity contribution in [1.29, 1.82) is 0 Å². The van der Waals surface area contributed by atoms with Gasteiger partial charge in [0, 0.05) is 29.2 Å². The summed E-state index contributed by atoms with van der Waals surface area (Å²) >= 11 is 0. The van der Waals surface area contributed by atoms with Gasteiger partial charge in [0.05, 0.1) is 4.75 Å². The van der Waals surface area contributed by atoms with Gasteiger partial charge in [-0.05, 0) is 49.2 Å². The Morgan fingerprint density at radius 1 is 1.14 bits per heavy atom. The molecule has 3 rings (SSSR count). The van der Waals surface area contributed by atoms with E-state index in [4.69, 9.17) is 4.42 Å². The van der Waals surface area contributed by atoms with E-state index >= 15 is 0 Å². The SMILES string of the molecule is CS(=O)C1(CNC(=O)c2ccc(S(=O)(=O)NC(=O)c3ccc(F)cc3)o2)CCC1. The van der Waals surface area contributed by atoms with Crippen LogP contribution in [0.3, 0.4) is 0 Å². The van der Waals surface area contributed by atoms with Gasteiger partial charge in [0.25, 0.3) is 21.8 Å². The fourth-order valence-corrected chi connectivity index (χ4v) is 4.93. The molecule has 1 atom stereocenters. The molecule has 156 valence electrons. The summed E-state index contributed by atoms with van der Waals surface area (Å²) in [7, 11) is -5.47. The van der Waals surface area contributed by atoms with Gasteiger partial charge >= 0.3 is 0 Å². The molecular weight excluding hydrogens is 423 g/mol. The number of carbonyl (C=O) groups excluding carboxylic acids is 2. The Labute approximate surface area is 169 Å². The number of rotatable bonds is 7. The molecule has 0 bridgehead atoms. The van der Waals surface area contributed by atoms with Crippen molar-refractivity contribution in [3.05, 3.63) is 53.5 Å². The van der Waals surface area contributed by atoms with Gasteiger partial charge in [-0.1, -0.05) is 6.42 Å². The largest absolute Gasteiger partial charge is 0.438 e. The van der Waals surface area contributed by atoms with Gasteiger partial charge < -0.3 is 9.73 Å². The van der Waals surface area contributed by atoms with E-state index in [1.165, 1.54) is 6.07 Å². The van der Waals surface area contributed by atoms with Crippen LogP contribution in [0.5, 0.6) is 0 Å². The number of hydrogen-bond donors (Lipinski definition) is 2. The fourth-order valence-electron chi connectivity index (χ4n) is 2.88. The van der Waals surface area contributed by atoms with Gasteiger partial charge in [0.1, 0.15) is 5.82 Å². The van der Waals surface area contributed by atoms with Crippen LogP contribution >= 0.6 is 0 Å². The lowest BCUT2D eigenvalue weighted by atomic mass is 9.84. The molecule has 2 N–H and O–H groups in total. The molecule has 11 heteroatoms. The molecule has 0 saturated heterocycles. The predicted octanol–water partition coefficient (Wildman–Crippen LogP) is 1.57. The maximum atomic E-state index is 12.9. The Kier molecular flexibility index (Phi) is 5.90. The highest BCUT2D eigenvalue weighted by Gasteiger charge is 2.41. The van der Waals surface area contributed by atoms with Crippen molar-refractivity contribution in [2.75, 3.05) is 12.8 Å². The minimum Gasteiger partial charge on any atom is -0.438 e. The van der Waals surface area contributed by atoms with Crippen LogP contribution in [0.1, 0.15) is 40.2 Å². The van der Waals surface area contributed by atoms with E-state index in [-0.39, 0.29) is 17.9 Å². The third-order valence-corrected chi connectivity index (χ3v) is 7.82. The highest BCUT2D eigenvalue weighted by atomic mass is 32.2. The van der Waals surface area contributed by atoms with Crippen LogP contribution in [-0.4, -0.2) is 42.0 Å². The molecule has 0 aliphatic heterocycles. The van der Waals surface area contributed by atoms with Crippen LogP contribution in [0.2, 0.25) is 0 Å². The van der Waals surface area contributed by atoms with Gasteiger partial charge in [0.15, 0.2) is 5.76 Å². The van der Waals surface area contributed by atoms with Gasteiger partial charge in [-0.25, -0.2) is 9.11 Å². The fraction of sp³-hybridized carbons (Fsp3) is 0.333. The monoisotopic (exact) mass is 442 g/mol. The summed E-state index contributed by atoms with van der Waals surface area (Å²) in [4.78, 5) is 24.3. The van der Waals surface area contributed by atoms with Crippen LogP contribution in [0.25, 0.3) is 0 Å². The smallest absolute Gasteiger partial charge is 0.297 e. The number of benzene rings is 1. The first-order valence-electron chi connectivity index (χ1n) is 8.67. The standard InChI is InChI=1S/C18H19FN2O6S2/c1-28(24)18(9-2-10-18)11-20-17(23)14-7-8-15(27-14)29(25,26)21-16(22)12-3-5-13(19)6-4-12/h3-8H,2,9-11H2,1H3,(H,20,23)(H,21,22). The number of furan rings is 1. The van der Waals surface area contributed by atoms with Crippen molar-refractivity contribution < 1.29 is 31.0 Å². The zero-order valence-corrected chi connectivity index (χ0v) is 17.1. The molecule has 8 nitrogen and oxygen atoms in total. The molecule has 1 heterocycles. The van der Waals surface area contributed by atoms with E-state index in [0.29, 0.717) is 0 Å². The van der Waals surface area contributed by atoms with Gasteiger partial charge in [0.2, 0.25) is 5.09 Å². The van der Waals surface area contributed by atoms with Crippen molar-refractivity contribution >= 4 is 32.6 Å². The molecule has 1 saturated carbocycles. The van der Waals surface area contributed by atoms with Crippen molar-refractivity contribution in [3.8, 4) is 0 Å². The number of hydrogen-bond acceptors (Lipinski definition) is 6. The van der Waals surface area contributed by atoms with E-state index in [1.807, 2.05) is 0 Å². The van der Waals surface area contributed by atoms with E-state index in [9.17, 15) is 26.6 Å². The van der Waals surface area contributed by atoms with Crippen LogP contribution in [-0.2, 0) is 20.8 Å². The molecule has 1 aliphatic carbocycles. The molecule has 2 amide bonds. The van der Waals surface area contributed by atoms with Gasteiger partial charge in [-0.2, -0.15) is 8.42 Å².